The van der Waals surface area contributed by atoms with Gasteiger partial charge in [0.2, 0.25) is 6.29 Å². The molecule has 1 heterocycles. The molecule has 5 heteroatoms. The predicted molar refractivity (Wildman–Crippen MR) is 133 cm³/mol. The molecule has 1 aliphatic heterocycles. The third-order valence-corrected chi connectivity index (χ3v) is 6.04. The maximum Gasteiger partial charge on any atom is 0.202 e. The van der Waals surface area contributed by atoms with Gasteiger partial charge in [-0.2, -0.15) is 0 Å². The summed E-state index contributed by atoms with van der Waals surface area (Å²) in [7, 11) is 0. The Kier molecular flexibility index (Phi) is 11.5. The summed E-state index contributed by atoms with van der Waals surface area (Å²) < 4.78 is 31.3. The summed E-state index contributed by atoms with van der Waals surface area (Å²) in [5, 5.41) is 2.35. The van der Waals surface area contributed by atoms with Crippen molar-refractivity contribution < 1.29 is 23.7 Å². The van der Waals surface area contributed by atoms with E-state index in [4.69, 9.17) is 23.7 Å². The maximum atomic E-state index is 6.41. The van der Waals surface area contributed by atoms with Crippen LogP contribution in [0.15, 0.2) is 42.5 Å². The van der Waals surface area contributed by atoms with Gasteiger partial charge in [-0.05, 0) is 42.2 Å². The monoisotopic (exact) mass is 458 g/mol. The second-order valence-electron chi connectivity index (χ2n) is 8.85. The van der Waals surface area contributed by atoms with Gasteiger partial charge in [0.1, 0.15) is 18.0 Å². The van der Waals surface area contributed by atoms with Gasteiger partial charge in [-0.1, -0.05) is 70.4 Å². The van der Waals surface area contributed by atoms with Crippen molar-refractivity contribution in [3.05, 3.63) is 42.5 Å². The van der Waals surface area contributed by atoms with Gasteiger partial charge in [0.25, 0.3) is 0 Å². The normalized spacial score (nSPS) is 23.1. The number of fused-ring (bicyclic) bond motifs is 1. The molecule has 3 rings (SSSR count). The number of rotatable bonds is 15. The van der Waals surface area contributed by atoms with Gasteiger partial charge >= 0.3 is 0 Å². The zero-order chi connectivity index (χ0) is 23.3. The lowest BCUT2D eigenvalue weighted by molar-refractivity contribution is -0.253. The second kappa shape index (κ2) is 14.6. The van der Waals surface area contributed by atoms with Gasteiger partial charge in [0, 0.05) is 26.2 Å². The van der Waals surface area contributed by atoms with Gasteiger partial charge < -0.3 is 23.7 Å². The molecule has 0 radical (unpaired) electrons. The van der Waals surface area contributed by atoms with E-state index in [0.717, 1.165) is 62.9 Å². The van der Waals surface area contributed by atoms with Crippen LogP contribution < -0.4 is 4.74 Å². The van der Waals surface area contributed by atoms with Crippen molar-refractivity contribution in [3.63, 3.8) is 0 Å². The molecule has 4 atom stereocenters. The number of ether oxygens (including phenoxy) is 5. The molecule has 0 bridgehead atoms. The van der Waals surface area contributed by atoms with E-state index in [1.807, 2.05) is 18.2 Å². The molecule has 1 fully saturated rings. The first-order chi connectivity index (χ1) is 16.2. The van der Waals surface area contributed by atoms with Crippen LogP contribution in [0.4, 0.5) is 0 Å². The van der Waals surface area contributed by atoms with Crippen LogP contribution in [0, 0.1) is 0 Å². The number of unbranched alkanes of at least 4 members (excludes halogenated alkanes) is 3. The largest absolute Gasteiger partial charge is 0.465 e. The van der Waals surface area contributed by atoms with Crippen LogP contribution in [0.3, 0.4) is 0 Å². The zero-order valence-corrected chi connectivity index (χ0v) is 20.7. The molecule has 2 aromatic rings. The minimum Gasteiger partial charge on any atom is -0.465 e. The van der Waals surface area contributed by atoms with Crippen molar-refractivity contribution in [3.8, 4) is 5.75 Å². The van der Waals surface area contributed by atoms with Crippen LogP contribution in [0.1, 0.15) is 65.7 Å². The first-order valence-electron chi connectivity index (χ1n) is 12.9. The van der Waals surface area contributed by atoms with Crippen molar-refractivity contribution in [1.29, 1.82) is 0 Å². The minimum absolute atomic E-state index is 0.0765. The van der Waals surface area contributed by atoms with Gasteiger partial charge in [-0.25, -0.2) is 0 Å². The Morgan fingerprint density at radius 3 is 2.27 bits per heavy atom. The highest BCUT2D eigenvalue weighted by Gasteiger charge is 2.41. The Morgan fingerprint density at radius 1 is 0.818 bits per heavy atom. The number of hydrogen-bond donors (Lipinski definition) is 0. The lowest BCUT2D eigenvalue weighted by Gasteiger charge is -2.41. The molecule has 0 spiro atoms. The summed E-state index contributed by atoms with van der Waals surface area (Å²) >= 11 is 0. The Hall–Kier alpha value is -1.66. The summed E-state index contributed by atoms with van der Waals surface area (Å²) in [6, 6.07) is 14.5. The first-order valence-corrected chi connectivity index (χ1v) is 12.9. The zero-order valence-electron chi connectivity index (χ0n) is 20.7. The molecule has 1 aliphatic rings. The quantitative estimate of drug-likeness (QED) is 0.284. The first kappa shape index (κ1) is 26.0. The van der Waals surface area contributed by atoms with Crippen LogP contribution in [0.25, 0.3) is 10.8 Å². The molecule has 33 heavy (non-hydrogen) atoms. The van der Waals surface area contributed by atoms with Gasteiger partial charge in [-0.15, -0.1) is 0 Å². The highest BCUT2D eigenvalue weighted by atomic mass is 16.7. The van der Waals surface area contributed by atoms with Crippen molar-refractivity contribution >= 4 is 10.8 Å². The van der Waals surface area contributed by atoms with Gasteiger partial charge in [-0.3, -0.25) is 0 Å². The average molecular weight is 459 g/mol. The van der Waals surface area contributed by atoms with E-state index < -0.39 is 6.29 Å². The molecule has 0 amide bonds. The van der Waals surface area contributed by atoms with E-state index in [9.17, 15) is 0 Å². The number of benzene rings is 2. The standard InChI is InChI=1S/C28H42O5/c1-4-7-16-29-21-26-28(31-18-9-6-3)25(30-17-8-5-2)20-27(33-26)32-24-15-14-22-12-10-11-13-23(22)19-24/h10-15,19,25-28H,4-9,16-18,20-21H2,1-3H3/t25-,26?,27-,28+/m1/s1. The second-order valence-corrected chi connectivity index (χ2v) is 8.85. The molecule has 0 aromatic heterocycles. The number of hydrogen-bond acceptors (Lipinski definition) is 5. The molecule has 2 aromatic carbocycles. The van der Waals surface area contributed by atoms with Crippen molar-refractivity contribution in [2.75, 3.05) is 26.4 Å². The molecule has 1 unspecified atom stereocenters. The van der Waals surface area contributed by atoms with Crippen LogP contribution >= 0.6 is 0 Å². The maximum absolute atomic E-state index is 6.41. The Bertz CT molecular complexity index is 795. The fraction of sp³-hybridized carbons (Fsp3) is 0.643. The Balaban J connectivity index is 1.72. The van der Waals surface area contributed by atoms with Gasteiger partial charge in [0.05, 0.1) is 12.7 Å². The Labute approximate surface area is 199 Å². The fourth-order valence-electron chi connectivity index (χ4n) is 4.06. The van der Waals surface area contributed by atoms with E-state index in [2.05, 4.69) is 45.0 Å². The van der Waals surface area contributed by atoms with Crippen LogP contribution in [0.5, 0.6) is 5.75 Å². The van der Waals surface area contributed by atoms with Crippen molar-refractivity contribution in [1.82, 2.24) is 0 Å². The summed E-state index contributed by atoms with van der Waals surface area (Å²) in [6.45, 7) is 9.17. The third-order valence-electron chi connectivity index (χ3n) is 6.04. The highest BCUT2D eigenvalue weighted by Crippen LogP contribution is 2.29. The van der Waals surface area contributed by atoms with E-state index in [1.54, 1.807) is 0 Å². The lowest BCUT2D eigenvalue weighted by Crippen LogP contribution is -2.54. The van der Waals surface area contributed by atoms with Crippen LogP contribution in [0.2, 0.25) is 0 Å². The third kappa shape index (κ3) is 8.25. The molecule has 184 valence electrons. The summed E-state index contributed by atoms with van der Waals surface area (Å²) in [5.74, 6) is 0.807. The molecule has 5 nitrogen and oxygen atoms in total. The molecule has 0 saturated carbocycles. The molecule has 0 N–H and O–H groups in total. The van der Waals surface area contributed by atoms with E-state index in [-0.39, 0.29) is 18.3 Å². The summed E-state index contributed by atoms with van der Waals surface area (Å²) in [6.07, 6.45) is 6.21. The van der Waals surface area contributed by atoms with Gasteiger partial charge in [0.15, 0.2) is 0 Å². The topological polar surface area (TPSA) is 46.2 Å². The summed E-state index contributed by atoms with van der Waals surface area (Å²) in [5.41, 5.74) is 0. The molecule has 0 aliphatic carbocycles. The van der Waals surface area contributed by atoms with Crippen LogP contribution in [-0.2, 0) is 18.9 Å². The predicted octanol–water partition coefficient (Wildman–Crippen LogP) is 6.52. The van der Waals surface area contributed by atoms with E-state index >= 15 is 0 Å². The highest BCUT2D eigenvalue weighted by molar-refractivity contribution is 5.83. The summed E-state index contributed by atoms with van der Waals surface area (Å²) in [4.78, 5) is 0. The Morgan fingerprint density at radius 2 is 1.52 bits per heavy atom. The molecular formula is C28H42O5. The fourth-order valence-corrected chi connectivity index (χ4v) is 4.06. The van der Waals surface area contributed by atoms with E-state index in [0.29, 0.717) is 19.6 Å². The average Bonchev–Trinajstić information content (AvgIpc) is 2.83. The van der Waals surface area contributed by atoms with Crippen LogP contribution in [-0.4, -0.2) is 51.0 Å². The van der Waals surface area contributed by atoms with E-state index in [1.165, 1.54) is 5.39 Å². The smallest absolute Gasteiger partial charge is 0.202 e. The molecule has 1 saturated heterocycles. The lowest BCUT2D eigenvalue weighted by atomic mass is 10.0. The van der Waals surface area contributed by atoms with Crippen molar-refractivity contribution in [2.24, 2.45) is 0 Å². The molecular weight excluding hydrogens is 416 g/mol. The minimum atomic E-state index is -0.399. The van der Waals surface area contributed by atoms with Crippen molar-refractivity contribution in [2.45, 2.75) is 90.3 Å². The SMILES string of the molecule is CCCCOCC1O[C@@H](Oc2ccc3ccccc3c2)C[C@@H](OCCCC)[C@@H]1OCCCC.